The molecular formula is C25H32F3N5O4. The van der Waals surface area contributed by atoms with E-state index in [4.69, 9.17) is 9.47 Å². The van der Waals surface area contributed by atoms with Crippen molar-refractivity contribution in [1.29, 1.82) is 0 Å². The third-order valence-electron chi connectivity index (χ3n) is 5.52. The zero-order valence-electron chi connectivity index (χ0n) is 21.5. The quantitative estimate of drug-likeness (QED) is 0.412. The molecule has 0 saturated heterocycles. The number of hydrogen-bond acceptors (Lipinski definition) is 8. The molecule has 2 aromatic rings. The lowest BCUT2D eigenvalue weighted by atomic mass is 9.90. The van der Waals surface area contributed by atoms with Crippen LogP contribution in [0.2, 0.25) is 0 Å². The van der Waals surface area contributed by atoms with E-state index in [2.05, 4.69) is 25.9 Å². The summed E-state index contributed by atoms with van der Waals surface area (Å²) in [7, 11) is 0. The van der Waals surface area contributed by atoms with Gasteiger partial charge in [0, 0.05) is 18.7 Å². The molecule has 2 atom stereocenters. The molecule has 1 saturated carbocycles. The average Bonchev–Trinajstić information content (AvgIpc) is 2.76. The van der Waals surface area contributed by atoms with Crippen LogP contribution in [0.25, 0.3) is 0 Å². The normalized spacial score (nSPS) is 18.1. The minimum Gasteiger partial charge on any atom is -0.444 e. The van der Waals surface area contributed by atoms with Gasteiger partial charge < -0.3 is 25.4 Å². The van der Waals surface area contributed by atoms with Crippen LogP contribution in [0.15, 0.2) is 24.3 Å². The smallest absolute Gasteiger partial charge is 0.416 e. The molecule has 202 valence electrons. The van der Waals surface area contributed by atoms with Gasteiger partial charge in [-0.1, -0.05) is 18.9 Å². The number of carbonyl (C=O) groups excluding carboxylic acids is 2. The highest BCUT2D eigenvalue weighted by atomic mass is 19.4. The van der Waals surface area contributed by atoms with E-state index in [1.807, 2.05) is 0 Å². The van der Waals surface area contributed by atoms with Crippen LogP contribution >= 0.6 is 0 Å². The molecule has 1 aliphatic rings. The molecule has 1 heterocycles. The van der Waals surface area contributed by atoms with Crippen molar-refractivity contribution in [3.63, 3.8) is 0 Å². The molecule has 0 bridgehead atoms. The molecule has 37 heavy (non-hydrogen) atoms. The van der Waals surface area contributed by atoms with Crippen LogP contribution in [0.1, 0.15) is 64.6 Å². The number of aromatic nitrogens is 2. The highest BCUT2D eigenvalue weighted by molar-refractivity contribution is 5.74. The van der Waals surface area contributed by atoms with Crippen LogP contribution in [-0.2, 0) is 15.7 Å². The number of benzene rings is 1. The highest BCUT2D eigenvalue weighted by Gasteiger charge is 2.31. The highest BCUT2D eigenvalue weighted by Crippen LogP contribution is 2.34. The Morgan fingerprint density at radius 3 is 2.35 bits per heavy atom. The SMILES string of the molecule is CC(=O)Oc1c(C)nc(NC2CCCCC2NC(=O)OC(C)(C)C)nc1Nc1cccc(C(F)(F)F)c1. The molecule has 1 aromatic carbocycles. The van der Waals surface area contributed by atoms with Gasteiger partial charge in [-0.2, -0.15) is 18.2 Å². The topological polar surface area (TPSA) is 114 Å². The van der Waals surface area contributed by atoms with Gasteiger partial charge in [-0.25, -0.2) is 9.78 Å². The van der Waals surface area contributed by atoms with Gasteiger partial charge >= 0.3 is 18.2 Å². The van der Waals surface area contributed by atoms with Crippen LogP contribution in [0.5, 0.6) is 5.75 Å². The zero-order chi connectivity index (χ0) is 27.4. The maximum Gasteiger partial charge on any atom is 0.416 e. The van der Waals surface area contributed by atoms with Crippen LogP contribution in [-0.4, -0.2) is 39.7 Å². The summed E-state index contributed by atoms with van der Waals surface area (Å²) in [5.41, 5.74) is -1.07. The number of alkyl carbamates (subject to hydrolysis) is 1. The summed E-state index contributed by atoms with van der Waals surface area (Å²) < 4.78 is 50.2. The molecule has 1 aromatic heterocycles. The van der Waals surface area contributed by atoms with E-state index in [0.717, 1.165) is 37.8 Å². The number of aryl methyl sites for hydroxylation is 1. The first-order valence-electron chi connectivity index (χ1n) is 12.0. The van der Waals surface area contributed by atoms with Gasteiger partial charge in [0.05, 0.1) is 17.3 Å². The number of nitrogens with zero attached hydrogens (tertiary/aromatic N) is 2. The van der Waals surface area contributed by atoms with E-state index in [-0.39, 0.29) is 35.3 Å². The molecule has 12 heteroatoms. The number of anilines is 3. The Labute approximate surface area is 213 Å². The molecule has 2 unspecified atom stereocenters. The average molecular weight is 524 g/mol. The summed E-state index contributed by atoms with van der Waals surface area (Å²) in [4.78, 5) is 32.8. The Bertz CT molecular complexity index is 1130. The molecule has 3 N–H and O–H groups in total. The van der Waals surface area contributed by atoms with E-state index in [1.54, 1.807) is 27.7 Å². The summed E-state index contributed by atoms with van der Waals surface area (Å²) in [5.74, 6) is -0.432. The number of alkyl halides is 3. The lowest BCUT2D eigenvalue weighted by molar-refractivity contribution is -0.137. The van der Waals surface area contributed by atoms with Crippen molar-refractivity contribution in [2.45, 2.75) is 84.2 Å². The fourth-order valence-corrected chi connectivity index (χ4v) is 3.99. The van der Waals surface area contributed by atoms with E-state index in [1.165, 1.54) is 19.1 Å². The number of rotatable bonds is 6. The van der Waals surface area contributed by atoms with Crippen molar-refractivity contribution in [1.82, 2.24) is 15.3 Å². The standard InChI is InChI=1S/C25H32F3N5O4/c1-14-20(36-15(2)34)21(30-17-10-8-9-16(13-17)25(26,27)28)33-22(29-14)31-18-11-6-7-12-19(18)32-23(35)37-24(3,4)5/h8-10,13,18-19H,6-7,11-12H2,1-5H3,(H,32,35)(H2,29,30,31,33). The first-order chi connectivity index (χ1) is 17.2. The molecule has 1 amide bonds. The van der Waals surface area contributed by atoms with Crippen molar-refractivity contribution in [2.24, 2.45) is 0 Å². The fourth-order valence-electron chi connectivity index (χ4n) is 3.99. The van der Waals surface area contributed by atoms with Gasteiger partial charge in [0.2, 0.25) is 5.95 Å². The summed E-state index contributed by atoms with van der Waals surface area (Å²) >= 11 is 0. The molecule has 0 radical (unpaired) electrons. The lowest BCUT2D eigenvalue weighted by Crippen LogP contribution is -2.50. The van der Waals surface area contributed by atoms with Crippen LogP contribution < -0.4 is 20.7 Å². The van der Waals surface area contributed by atoms with Crippen molar-refractivity contribution in [2.75, 3.05) is 10.6 Å². The Hall–Kier alpha value is -3.57. The Morgan fingerprint density at radius 2 is 1.73 bits per heavy atom. The number of carbonyl (C=O) groups is 2. The number of hydrogen-bond donors (Lipinski definition) is 3. The van der Waals surface area contributed by atoms with Crippen LogP contribution in [0.4, 0.5) is 35.4 Å². The minimum atomic E-state index is -4.53. The second-order valence-corrected chi connectivity index (χ2v) is 9.90. The zero-order valence-corrected chi connectivity index (χ0v) is 21.5. The third kappa shape index (κ3) is 8.22. The molecule has 0 spiro atoms. The number of halogens is 3. The Morgan fingerprint density at radius 1 is 1.05 bits per heavy atom. The maximum atomic E-state index is 13.2. The van der Waals surface area contributed by atoms with Gasteiger partial charge in [-0.3, -0.25) is 4.79 Å². The first-order valence-corrected chi connectivity index (χ1v) is 12.0. The minimum absolute atomic E-state index is 0.00235. The van der Waals surface area contributed by atoms with Crippen molar-refractivity contribution >= 4 is 29.5 Å². The molecule has 0 aliphatic heterocycles. The molecule has 3 rings (SSSR count). The summed E-state index contributed by atoms with van der Waals surface area (Å²) in [6, 6.07) is 4.13. The monoisotopic (exact) mass is 523 g/mol. The second kappa shape index (κ2) is 11.2. The molecule has 1 fully saturated rings. The predicted molar refractivity (Wildman–Crippen MR) is 132 cm³/mol. The maximum absolute atomic E-state index is 13.2. The first kappa shape index (κ1) is 28.0. The molecular weight excluding hydrogens is 491 g/mol. The number of esters is 1. The number of nitrogens with one attached hydrogen (secondary N) is 3. The summed E-state index contributed by atoms with van der Waals surface area (Å²) in [5, 5.41) is 8.95. The Balaban J connectivity index is 1.87. The van der Waals surface area contributed by atoms with Crippen molar-refractivity contribution < 1.29 is 32.2 Å². The number of amides is 1. The van der Waals surface area contributed by atoms with E-state index in [0.29, 0.717) is 5.69 Å². The van der Waals surface area contributed by atoms with E-state index in [9.17, 15) is 22.8 Å². The summed E-state index contributed by atoms with van der Waals surface area (Å²) in [6.45, 7) is 8.14. The van der Waals surface area contributed by atoms with Gasteiger partial charge in [-0.05, 0) is 58.7 Å². The van der Waals surface area contributed by atoms with Crippen molar-refractivity contribution in [3.8, 4) is 5.75 Å². The van der Waals surface area contributed by atoms with E-state index >= 15 is 0 Å². The Kier molecular flexibility index (Phi) is 8.49. The predicted octanol–water partition coefficient (Wildman–Crippen LogP) is 5.72. The largest absolute Gasteiger partial charge is 0.444 e. The van der Waals surface area contributed by atoms with Crippen molar-refractivity contribution in [3.05, 3.63) is 35.5 Å². The van der Waals surface area contributed by atoms with Gasteiger partial charge in [0.25, 0.3) is 0 Å². The van der Waals surface area contributed by atoms with Gasteiger partial charge in [0.1, 0.15) is 5.60 Å². The lowest BCUT2D eigenvalue weighted by Gasteiger charge is -2.33. The van der Waals surface area contributed by atoms with E-state index < -0.39 is 29.4 Å². The second-order valence-electron chi connectivity index (χ2n) is 9.90. The van der Waals surface area contributed by atoms with Crippen LogP contribution in [0.3, 0.4) is 0 Å². The summed E-state index contributed by atoms with van der Waals surface area (Å²) in [6.07, 6.45) is -1.76. The molecule has 1 aliphatic carbocycles. The number of ether oxygens (including phenoxy) is 2. The fraction of sp³-hybridized carbons (Fsp3) is 0.520. The van der Waals surface area contributed by atoms with Crippen LogP contribution in [0, 0.1) is 6.92 Å². The van der Waals surface area contributed by atoms with Gasteiger partial charge in [-0.15, -0.1) is 0 Å². The third-order valence-corrected chi connectivity index (χ3v) is 5.52. The molecule has 9 nitrogen and oxygen atoms in total. The van der Waals surface area contributed by atoms with Gasteiger partial charge in [0.15, 0.2) is 11.6 Å².